The van der Waals surface area contributed by atoms with Crippen LogP contribution in [0, 0.1) is 0 Å². The van der Waals surface area contributed by atoms with Crippen LogP contribution in [0.25, 0.3) is 0 Å². The van der Waals surface area contributed by atoms with Gasteiger partial charge in [-0.2, -0.15) is 8.78 Å². The second kappa shape index (κ2) is 6.51. The van der Waals surface area contributed by atoms with E-state index in [1.807, 2.05) is 19.9 Å². The van der Waals surface area contributed by atoms with Crippen molar-refractivity contribution in [1.29, 1.82) is 0 Å². The van der Waals surface area contributed by atoms with Crippen molar-refractivity contribution in [3.8, 4) is 5.75 Å². The van der Waals surface area contributed by atoms with Crippen LogP contribution in [0.4, 0.5) is 8.78 Å². The number of aliphatic hydroxyl groups is 1. The van der Waals surface area contributed by atoms with Crippen molar-refractivity contribution in [1.82, 2.24) is 5.32 Å². The molecule has 2 unspecified atom stereocenters. The Morgan fingerprint density at radius 3 is 2.65 bits per heavy atom. The van der Waals surface area contributed by atoms with Crippen molar-refractivity contribution in [3.05, 3.63) is 29.8 Å². The number of rotatable bonds is 6. The predicted octanol–water partition coefficient (Wildman–Crippen LogP) is 2.32. The van der Waals surface area contributed by atoms with Gasteiger partial charge in [0.1, 0.15) is 5.75 Å². The summed E-state index contributed by atoms with van der Waals surface area (Å²) in [6.07, 6.45) is 0. The number of aliphatic hydroxyl groups excluding tert-OH is 1. The molecule has 2 N–H and O–H groups in total. The molecule has 3 nitrogen and oxygen atoms in total. The van der Waals surface area contributed by atoms with Gasteiger partial charge in [0.05, 0.1) is 6.61 Å². The Labute approximate surface area is 99.4 Å². The summed E-state index contributed by atoms with van der Waals surface area (Å²) >= 11 is 0. The summed E-state index contributed by atoms with van der Waals surface area (Å²) in [6, 6.07) is 6.43. The highest BCUT2D eigenvalue weighted by Gasteiger charge is 2.10. The standard InChI is InChI=1S/C12H17F2NO2/c1-8(7-16)15-9(2)10-4-3-5-11(6-10)17-12(13)14/h3-6,8-9,12,15-16H,7H2,1-2H3. The van der Waals surface area contributed by atoms with E-state index in [0.29, 0.717) is 0 Å². The summed E-state index contributed by atoms with van der Waals surface area (Å²) in [7, 11) is 0. The van der Waals surface area contributed by atoms with E-state index in [2.05, 4.69) is 10.1 Å². The molecule has 0 aromatic heterocycles. The second-order valence-corrected chi connectivity index (χ2v) is 3.92. The van der Waals surface area contributed by atoms with Crippen molar-refractivity contribution in [3.63, 3.8) is 0 Å². The summed E-state index contributed by atoms with van der Waals surface area (Å²) in [6.45, 7) is 0.950. The molecule has 0 aliphatic carbocycles. The smallest absolute Gasteiger partial charge is 0.387 e. The zero-order valence-electron chi connectivity index (χ0n) is 9.86. The largest absolute Gasteiger partial charge is 0.435 e. The summed E-state index contributed by atoms with van der Waals surface area (Å²) in [5.74, 6) is 0.141. The normalized spacial score (nSPS) is 14.7. The van der Waals surface area contributed by atoms with Gasteiger partial charge in [-0.05, 0) is 31.5 Å². The van der Waals surface area contributed by atoms with Gasteiger partial charge in [-0.3, -0.25) is 0 Å². The van der Waals surface area contributed by atoms with Gasteiger partial charge in [0.2, 0.25) is 0 Å². The Bertz CT molecular complexity index is 347. The van der Waals surface area contributed by atoms with E-state index in [9.17, 15) is 8.78 Å². The first-order valence-electron chi connectivity index (χ1n) is 5.44. The van der Waals surface area contributed by atoms with E-state index < -0.39 is 6.61 Å². The zero-order valence-corrected chi connectivity index (χ0v) is 9.86. The molecule has 0 saturated carbocycles. The Morgan fingerprint density at radius 1 is 1.35 bits per heavy atom. The Balaban J connectivity index is 2.70. The molecule has 0 bridgehead atoms. The van der Waals surface area contributed by atoms with Crippen LogP contribution in [0.1, 0.15) is 25.5 Å². The van der Waals surface area contributed by atoms with Gasteiger partial charge in [-0.1, -0.05) is 12.1 Å². The summed E-state index contributed by atoms with van der Waals surface area (Å²) in [5.41, 5.74) is 0.837. The monoisotopic (exact) mass is 245 g/mol. The van der Waals surface area contributed by atoms with E-state index >= 15 is 0 Å². The second-order valence-electron chi connectivity index (χ2n) is 3.92. The van der Waals surface area contributed by atoms with E-state index in [4.69, 9.17) is 5.11 Å². The molecule has 2 atom stereocenters. The first-order chi connectivity index (χ1) is 8.02. The number of nitrogens with one attached hydrogen (secondary N) is 1. The number of hydrogen-bond acceptors (Lipinski definition) is 3. The van der Waals surface area contributed by atoms with Gasteiger partial charge in [0.15, 0.2) is 0 Å². The van der Waals surface area contributed by atoms with E-state index in [0.717, 1.165) is 5.56 Å². The minimum absolute atomic E-state index is 0.0254. The SMILES string of the molecule is CC(CO)NC(C)c1cccc(OC(F)F)c1. The van der Waals surface area contributed by atoms with Gasteiger partial charge in [0.25, 0.3) is 0 Å². The fraction of sp³-hybridized carbons (Fsp3) is 0.500. The molecule has 0 radical (unpaired) electrons. The molecule has 1 rings (SSSR count). The molecule has 0 aliphatic rings. The lowest BCUT2D eigenvalue weighted by atomic mass is 10.1. The maximum absolute atomic E-state index is 12.0. The molecule has 0 saturated heterocycles. The molecule has 0 aliphatic heterocycles. The molecule has 1 aromatic carbocycles. The summed E-state index contributed by atoms with van der Waals surface area (Å²) < 4.78 is 28.4. The quantitative estimate of drug-likeness (QED) is 0.808. The topological polar surface area (TPSA) is 41.5 Å². The van der Waals surface area contributed by atoms with Gasteiger partial charge < -0.3 is 15.2 Å². The third kappa shape index (κ3) is 4.66. The number of halogens is 2. The molecule has 0 amide bonds. The van der Waals surface area contributed by atoms with Crippen LogP contribution in [-0.2, 0) is 0 Å². The highest BCUT2D eigenvalue weighted by molar-refractivity contribution is 5.30. The summed E-state index contributed by atoms with van der Waals surface area (Å²) in [4.78, 5) is 0. The van der Waals surface area contributed by atoms with Crippen LogP contribution in [0.5, 0.6) is 5.75 Å². The Morgan fingerprint density at radius 2 is 2.06 bits per heavy atom. The minimum atomic E-state index is -2.81. The first-order valence-corrected chi connectivity index (χ1v) is 5.44. The van der Waals surface area contributed by atoms with Crippen LogP contribution in [0.15, 0.2) is 24.3 Å². The average Bonchev–Trinajstić information content (AvgIpc) is 2.28. The highest BCUT2D eigenvalue weighted by atomic mass is 19.3. The third-order valence-electron chi connectivity index (χ3n) is 2.39. The van der Waals surface area contributed by atoms with Gasteiger partial charge >= 0.3 is 6.61 Å². The number of hydrogen-bond donors (Lipinski definition) is 2. The highest BCUT2D eigenvalue weighted by Crippen LogP contribution is 2.20. The Hall–Kier alpha value is -1.20. The van der Waals surface area contributed by atoms with E-state index in [1.54, 1.807) is 12.1 Å². The predicted molar refractivity (Wildman–Crippen MR) is 61.2 cm³/mol. The first kappa shape index (κ1) is 13.9. The number of benzene rings is 1. The van der Waals surface area contributed by atoms with E-state index in [1.165, 1.54) is 6.07 Å². The van der Waals surface area contributed by atoms with Crippen molar-refractivity contribution >= 4 is 0 Å². The van der Waals surface area contributed by atoms with Crippen molar-refractivity contribution in [2.45, 2.75) is 32.5 Å². The third-order valence-corrected chi connectivity index (χ3v) is 2.39. The zero-order chi connectivity index (χ0) is 12.8. The van der Waals surface area contributed by atoms with Crippen LogP contribution < -0.4 is 10.1 Å². The lowest BCUT2D eigenvalue weighted by Gasteiger charge is -2.19. The molecule has 5 heteroatoms. The molecular formula is C12H17F2NO2. The van der Waals surface area contributed by atoms with Crippen molar-refractivity contribution in [2.75, 3.05) is 6.61 Å². The van der Waals surface area contributed by atoms with Crippen molar-refractivity contribution < 1.29 is 18.6 Å². The molecule has 96 valence electrons. The van der Waals surface area contributed by atoms with Crippen LogP contribution in [0.3, 0.4) is 0 Å². The molecule has 0 spiro atoms. The number of ether oxygens (including phenoxy) is 1. The van der Waals surface area contributed by atoms with Crippen LogP contribution >= 0.6 is 0 Å². The summed E-state index contributed by atoms with van der Waals surface area (Å²) in [5, 5.41) is 12.1. The average molecular weight is 245 g/mol. The molecule has 17 heavy (non-hydrogen) atoms. The fourth-order valence-electron chi connectivity index (χ4n) is 1.54. The number of alkyl halides is 2. The van der Waals surface area contributed by atoms with E-state index in [-0.39, 0.29) is 24.4 Å². The van der Waals surface area contributed by atoms with Gasteiger partial charge in [-0.15, -0.1) is 0 Å². The molecular weight excluding hydrogens is 228 g/mol. The Kier molecular flexibility index (Phi) is 5.31. The lowest BCUT2D eigenvalue weighted by Crippen LogP contribution is -2.31. The van der Waals surface area contributed by atoms with Crippen LogP contribution in [-0.4, -0.2) is 24.4 Å². The molecule has 0 fully saturated rings. The maximum atomic E-state index is 12.0. The van der Waals surface area contributed by atoms with Crippen molar-refractivity contribution in [2.24, 2.45) is 0 Å². The minimum Gasteiger partial charge on any atom is -0.435 e. The molecule has 1 aromatic rings. The fourth-order valence-corrected chi connectivity index (χ4v) is 1.54. The van der Waals surface area contributed by atoms with Gasteiger partial charge in [-0.25, -0.2) is 0 Å². The lowest BCUT2D eigenvalue weighted by molar-refractivity contribution is -0.0499. The van der Waals surface area contributed by atoms with Crippen LogP contribution in [0.2, 0.25) is 0 Å². The van der Waals surface area contributed by atoms with Gasteiger partial charge in [0, 0.05) is 12.1 Å². The molecule has 0 heterocycles. The maximum Gasteiger partial charge on any atom is 0.387 e.